The Morgan fingerprint density at radius 2 is 1.25 bits per heavy atom. The fourth-order valence-electron chi connectivity index (χ4n) is 3.12. The van der Waals surface area contributed by atoms with E-state index in [1.807, 2.05) is 6.07 Å². The number of nitrogens with two attached hydrogens (primary N) is 1. The van der Waals surface area contributed by atoms with E-state index in [1.165, 1.54) is 70.3 Å². The Morgan fingerprint density at radius 3 is 1.68 bits per heavy atom. The topological polar surface area (TPSA) is 101 Å². The van der Waals surface area contributed by atoms with Crippen molar-refractivity contribution in [2.24, 2.45) is 5.73 Å². The summed E-state index contributed by atoms with van der Waals surface area (Å²) in [6.45, 7) is 2.72. The predicted molar refractivity (Wildman–Crippen MR) is 117 cm³/mol. The number of rotatable bonds is 15. The highest BCUT2D eigenvalue weighted by atomic mass is 32.2. The minimum Gasteiger partial charge on any atom is -0.395 e. The number of hydrogen-bond donors (Lipinski definition) is 3. The third-order valence-electron chi connectivity index (χ3n) is 4.68. The Kier molecular flexibility index (Phi) is 17.5. The number of aliphatic hydroxyl groups excluding tert-OH is 1. The zero-order chi connectivity index (χ0) is 21.1. The van der Waals surface area contributed by atoms with Crippen molar-refractivity contribution in [1.29, 1.82) is 0 Å². The van der Waals surface area contributed by atoms with Gasteiger partial charge in [-0.3, -0.25) is 4.55 Å². The summed E-state index contributed by atoms with van der Waals surface area (Å²) in [6.07, 6.45) is 16.2. The smallest absolute Gasteiger partial charge is 0.294 e. The lowest BCUT2D eigenvalue weighted by Crippen LogP contribution is -2.03. The maximum absolute atomic E-state index is 11.3. The second-order valence-electron chi connectivity index (χ2n) is 7.23. The van der Waals surface area contributed by atoms with Crippen LogP contribution in [-0.4, -0.2) is 31.2 Å². The van der Waals surface area contributed by atoms with E-state index in [4.69, 9.17) is 10.8 Å². The molecule has 1 aromatic carbocycles. The third-order valence-corrected chi connectivity index (χ3v) is 5.63. The quantitative estimate of drug-likeness (QED) is 0.273. The van der Waals surface area contributed by atoms with Gasteiger partial charge in [-0.25, -0.2) is 0 Å². The van der Waals surface area contributed by atoms with Gasteiger partial charge in [0.25, 0.3) is 10.1 Å². The lowest BCUT2D eigenvalue weighted by Gasteiger charge is -2.07. The van der Waals surface area contributed by atoms with E-state index in [1.54, 1.807) is 12.1 Å². The molecular weight excluding hydrogens is 374 g/mol. The predicted octanol–water partition coefficient (Wildman–Crippen LogP) is 5.11. The first-order chi connectivity index (χ1) is 13.5. The summed E-state index contributed by atoms with van der Waals surface area (Å²) < 4.78 is 31.9. The minimum absolute atomic E-state index is 0.0630. The highest BCUT2D eigenvalue weighted by Crippen LogP contribution is 2.18. The van der Waals surface area contributed by atoms with E-state index >= 15 is 0 Å². The summed E-state index contributed by atoms with van der Waals surface area (Å²) in [7, 11) is -4.10. The van der Waals surface area contributed by atoms with Gasteiger partial charge >= 0.3 is 0 Å². The molecule has 0 aliphatic heterocycles. The van der Waals surface area contributed by atoms with Crippen LogP contribution in [0.15, 0.2) is 29.2 Å². The molecule has 0 atom stereocenters. The molecule has 0 heterocycles. The molecule has 6 heteroatoms. The summed E-state index contributed by atoms with van der Waals surface area (Å²) in [5.41, 5.74) is 5.51. The minimum atomic E-state index is -4.10. The van der Waals surface area contributed by atoms with Crippen LogP contribution in [0.25, 0.3) is 0 Å². The van der Waals surface area contributed by atoms with Gasteiger partial charge in [-0.05, 0) is 24.5 Å². The molecule has 0 bridgehead atoms. The fraction of sp³-hybridized carbons (Fsp3) is 0.727. The first-order valence-electron chi connectivity index (χ1n) is 10.8. The first-order valence-corrected chi connectivity index (χ1v) is 12.3. The van der Waals surface area contributed by atoms with Crippen LogP contribution in [0.2, 0.25) is 0 Å². The molecule has 0 saturated heterocycles. The SMILES string of the molecule is CCCCCCCCCCCCCCc1ccccc1S(=O)(=O)O.NCCO. The molecule has 0 aliphatic carbocycles. The van der Waals surface area contributed by atoms with Gasteiger partial charge in [-0.1, -0.05) is 95.8 Å². The average Bonchev–Trinajstić information content (AvgIpc) is 2.68. The van der Waals surface area contributed by atoms with E-state index in [-0.39, 0.29) is 11.5 Å². The van der Waals surface area contributed by atoms with Crippen molar-refractivity contribution in [1.82, 2.24) is 0 Å². The molecule has 0 unspecified atom stereocenters. The van der Waals surface area contributed by atoms with E-state index in [0.29, 0.717) is 13.0 Å². The van der Waals surface area contributed by atoms with Crippen molar-refractivity contribution < 1.29 is 18.1 Å². The molecule has 0 radical (unpaired) electrons. The lowest BCUT2D eigenvalue weighted by molar-refractivity contribution is 0.306. The van der Waals surface area contributed by atoms with Crippen LogP contribution < -0.4 is 5.73 Å². The lowest BCUT2D eigenvalue weighted by atomic mass is 10.0. The molecule has 0 saturated carbocycles. The Bertz CT molecular complexity index is 574. The van der Waals surface area contributed by atoms with Gasteiger partial charge in [-0.15, -0.1) is 0 Å². The van der Waals surface area contributed by atoms with Crippen LogP contribution in [0, 0.1) is 0 Å². The van der Waals surface area contributed by atoms with Crippen LogP contribution in [0.3, 0.4) is 0 Å². The fourth-order valence-corrected chi connectivity index (χ4v) is 3.87. The van der Waals surface area contributed by atoms with Gasteiger partial charge < -0.3 is 10.8 Å². The van der Waals surface area contributed by atoms with Gasteiger partial charge in [0, 0.05) is 6.54 Å². The second kappa shape index (κ2) is 18.1. The Hall–Kier alpha value is -0.950. The van der Waals surface area contributed by atoms with Crippen molar-refractivity contribution in [2.45, 2.75) is 95.3 Å². The van der Waals surface area contributed by atoms with Gasteiger partial charge in [0.15, 0.2) is 0 Å². The molecule has 164 valence electrons. The molecule has 0 amide bonds. The van der Waals surface area contributed by atoms with E-state index in [2.05, 4.69) is 6.92 Å². The molecule has 0 fully saturated rings. The summed E-state index contributed by atoms with van der Waals surface area (Å²) >= 11 is 0. The average molecular weight is 416 g/mol. The van der Waals surface area contributed by atoms with Crippen LogP contribution in [0.5, 0.6) is 0 Å². The van der Waals surface area contributed by atoms with Crippen molar-refractivity contribution in [3.05, 3.63) is 29.8 Å². The van der Waals surface area contributed by atoms with Crippen molar-refractivity contribution >= 4 is 10.1 Å². The van der Waals surface area contributed by atoms with Gasteiger partial charge in [0.05, 0.1) is 11.5 Å². The van der Waals surface area contributed by atoms with E-state index in [0.717, 1.165) is 18.4 Å². The molecule has 28 heavy (non-hydrogen) atoms. The van der Waals surface area contributed by atoms with Gasteiger partial charge in [-0.2, -0.15) is 8.42 Å². The first kappa shape index (κ1) is 27.0. The van der Waals surface area contributed by atoms with Crippen LogP contribution >= 0.6 is 0 Å². The zero-order valence-corrected chi connectivity index (χ0v) is 18.4. The number of unbranched alkanes of at least 4 members (excludes halogenated alkanes) is 11. The summed E-state index contributed by atoms with van der Waals surface area (Å²) in [5.74, 6) is 0. The summed E-state index contributed by atoms with van der Waals surface area (Å²) in [5, 5.41) is 7.75. The molecule has 1 aromatic rings. The van der Waals surface area contributed by atoms with Crippen LogP contribution in [-0.2, 0) is 16.5 Å². The molecule has 4 N–H and O–H groups in total. The second-order valence-corrected chi connectivity index (χ2v) is 8.62. The monoisotopic (exact) mass is 415 g/mol. The Morgan fingerprint density at radius 1 is 0.821 bits per heavy atom. The van der Waals surface area contributed by atoms with E-state index in [9.17, 15) is 13.0 Å². The third kappa shape index (κ3) is 15.0. The number of aryl methyl sites for hydroxylation is 1. The normalized spacial score (nSPS) is 11.1. The van der Waals surface area contributed by atoms with E-state index < -0.39 is 10.1 Å². The van der Waals surface area contributed by atoms with Crippen molar-refractivity contribution in [3.63, 3.8) is 0 Å². The Labute approximate surface area is 172 Å². The summed E-state index contributed by atoms with van der Waals surface area (Å²) in [4.78, 5) is 0.0630. The highest BCUT2D eigenvalue weighted by Gasteiger charge is 2.13. The molecular formula is C22H41NO4S. The molecule has 0 aliphatic rings. The maximum Gasteiger partial charge on any atom is 0.294 e. The number of benzene rings is 1. The molecule has 0 aromatic heterocycles. The molecule has 5 nitrogen and oxygen atoms in total. The van der Waals surface area contributed by atoms with Crippen molar-refractivity contribution in [3.8, 4) is 0 Å². The number of hydrogen-bond acceptors (Lipinski definition) is 4. The molecule has 1 rings (SSSR count). The standard InChI is InChI=1S/C20H34O3S.C2H7NO/c1-2-3-4-5-6-7-8-9-10-11-12-13-16-19-17-14-15-18-20(19)24(21,22)23;3-1-2-4/h14-15,17-18H,2-13,16H2,1H3,(H,21,22,23);4H,1-3H2. The van der Waals surface area contributed by atoms with Crippen LogP contribution in [0.4, 0.5) is 0 Å². The maximum atomic E-state index is 11.3. The zero-order valence-electron chi connectivity index (χ0n) is 17.6. The van der Waals surface area contributed by atoms with Crippen molar-refractivity contribution in [2.75, 3.05) is 13.2 Å². The summed E-state index contributed by atoms with van der Waals surface area (Å²) in [6, 6.07) is 6.74. The highest BCUT2D eigenvalue weighted by molar-refractivity contribution is 7.85. The van der Waals surface area contributed by atoms with Crippen LogP contribution in [0.1, 0.15) is 89.5 Å². The number of aliphatic hydroxyl groups is 1. The Balaban J connectivity index is 0.00000165. The largest absolute Gasteiger partial charge is 0.395 e. The van der Waals surface area contributed by atoms with Gasteiger partial charge in [0.1, 0.15) is 0 Å². The van der Waals surface area contributed by atoms with Gasteiger partial charge in [0.2, 0.25) is 0 Å². The molecule has 0 spiro atoms.